The standard InChI is InChI=1S/C2H5NO4S2/c3-2(8)1-7-9(4,5)6/h1H2,(H2,3,8)(H,4,5,6). The lowest BCUT2D eigenvalue weighted by molar-refractivity contribution is 0.305. The molecule has 0 aliphatic rings. The first-order valence-corrected chi connectivity index (χ1v) is 3.59. The molecule has 0 aliphatic heterocycles. The molecule has 0 saturated carbocycles. The zero-order valence-electron chi connectivity index (χ0n) is 4.27. The van der Waals surface area contributed by atoms with Gasteiger partial charge < -0.3 is 5.73 Å². The molecule has 0 bridgehead atoms. The van der Waals surface area contributed by atoms with Crippen LogP contribution in [0.3, 0.4) is 0 Å². The van der Waals surface area contributed by atoms with Crippen LogP contribution >= 0.6 is 12.2 Å². The summed E-state index contributed by atoms with van der Waals surface area (Å²) in [4.78, 5) is -0.132. The van der Waals surface area contributed by atoms with Crippen LogP contribution in [0.1, 0.15) is 0 Å². The van der Waals surface area contributed by atoms with Crippen LogP contribution in [0, 0.1) is 0 Å². The number of rotatable bonds is 3. The fraction of sp³-hybridized carbons (Fsp3) is 0.500. The van der Waals surface area contributed by atoms with Crippen molar-refractivity contribution in [2.45, 2.75) is 0 Å². The van der Waals surface area contributed by atoms with Crippen LogP contribution in [0.5, 0.6) is 0 Å². The number of hydrogen-bond acceptors (Lipinski definition) is 4. The van der Waals surface area contributed by atoms with Crippen LogP contribution in [-0.2, 0) is 14.6 Å². The minimum atomic E-state index is -4.39. The highest BCUT2D eigenvalue weighted by molar-refractivity contribution is 7.81. The third kappa shape index (κ3) is 7.76. The summed E-state index contributed by atoms with van der Waals surface area (Å²) in [6, 6.07) is 0. The highest BCUT2D eigenvalue weighted by atomic mass is 32.3. The molecule has 0 heterocycles. The van der Waals surface area contributed by atoms with E-state index in [0.717, 1.165) is 0 Å². The van der Waals surface area contributed by atoms with Gasteiger partial charge >= 0.3 is 10.4 Å². The minimum Gasteiger partial charge on any atom is -0.391 e. The third-order valence-corrected chi connectivity index (χ3v) is 0.884. The maximum atomic E-state index is 9.75. The summed E-state index contributed by atoms with van der Waals surface area (Å²) in [5.74, 6) is 0. The lowest BCUT2D eigenvalue weighted by atomic mass is 10.7. The summed E-state index contributed by atoms with van der Waals surface area (Å²) in [7, 11) is -4.39. The predicted molar refractivity (Wildman–Crippen MR) is 34.3 cm³/mol. The van der Waals surface area contributed by atoms with Crippen LogP contribution < -0.4 is 5.73 Å². The lowest BCUT2D eigenvalue weighted by Crippen LogP contribution is -2.18. The van der Waals surface area contributed by atoms with Crippen LogP contribution in [0.25, 0.3) is 0 Å². The molecule has 0 unspecified atom stereocenters. The minimum absolute atomic E-state index is 0.132. The Balaban J connectivity index is 3.67. The molecule has 54 valence electrons. The van der Waals surface area contributed by atoms with Crippen molar-refractivity contribution in [3.05, 3.63) is 0 Å². The average Bonchev–Trinajstić information content (AvgIpc) is 1.59. The quantitative estimate of drug-likeness (QED) is 0.422. The molecule has 0 amide bonds. The van der Waals surface area contributed by atoms with Gasteiger partial charge in [0.05, 0.1) is 0 Å². The van der Waals surface area contributed by atoms with Crippen molar-refractivity contribution in [3.8, 4) is 0 Å². The van der Waals surface area contributed by atoms with Gasteiger partial charge in [-0.25, -0.2) is 4.18 Å². The van der Waals surface area contributed by atoms with E-state index in [2.05, 4.69) is 16.4 Å². The summed E-state index contributed by atoms with van der Waals surface area (Å²) >= 11 is 4.24. The Labute approximate surface area is 57.8 Å². The van der Waals surface area contributed by atoms with Gasteiger partial charge in [0, 0.05) is 0 Å². The highest BCUT2D eigenvalue weighted by Crippen LogP contribution is 1.83. The molecule has 0 aromatic rings. The van der Waals surface area contributed by atoms with Crippen LogP contribution in [0.15, 0.2) is 0 Å². The number of thiocarbonyl (C=S) groups is 1. The molecule has 9 heavy (non-hydrogen) atoms. The maximum Gasteiger partial charge on any atom is 0.397 e. The van der Waals surface area contributed by atoms with Crippen molar-refractivity contribution in [2.24, 2.45) is 5.73 Å². The van der Waals surface area contributed by atoms with Gasteiger partial charge in [0.15, 0.2) is 0 Å². The van der Waals surface area contributed by atoms with E-state index in [1.54, 1.807) is 0 Å². The van der Waals surface area contributed by atoms with Gasteiger partial charge in [0.1, 0.15) is 11.6 Å². The molecular formula is C2H5NO4S2. The fourth-order valence-corrected chi connectivity index (χ4v) is 0.542. The smallest absolute Gasteiger partial charge is 0.391 e. The summed E-state index contributed by atoms with van der Waals surface area (Å²) < 4.78 is 31.2. The summed E-state index contributed by atoms with van der Waals surface area (Å²) in [5, 5.41) is 0. The fourth-order valence-electron chi connectivity index (χ4n) is 0.133. The molecule has 0 saturated heterocycles. The van der Waals surface area contributed by atoms with Crippen molar-refractivity contribution in [1.29, 1.82) is 0 Å². The molecule has 0 aromatic carbocycles. The van der Waals surface area contributed by atoms with Gasteiger partial charge in [-0.15, -0.1) is 0 Å². The van der Waals surface area contributed by atoms with Gasteiger partial charge in [0.25, 0.3) is 0 Å². The second-order valence-corrected chi connectivity index (χ2v) is 2.77. The van der Waals surface area contributed by atoms with E-state index in [9.17, 15) is 8.42 Å². The normalized spacial score (nSPS) is 11.2. The zero-order valence-corrected chi connectivity index (χ0v) is 5.91. The molecule has 0 aromatic heterocycles. The Morgan fingerprint density at radius 1 is 1.78 bits per heavy atom. The number of hydrogen-bond donors (Lipinski definition) is 2. The molecule has 7 heteroatoms. The van der Waals surface area contributed by atoms with Gasteiger partial charge in [0.2, 0.25) is 0 Å². The highest BCUT2D eigenvalue weighted by Gasteiger charge is 2.03. The van der Waals surface area contributed by atoms with E-state index in [-0.39, 0.29) is 4.99 Å². The molecule has 5 nitrogen and oxygen atoms in total. The Morgan fingerprint density at radius 3 is 2.33 bits per heavy atom. The first-order chi connectivity index (χ1) is 3.92. The van der Waals surface area contributed by atoms with Crippen LogP contribution in [0.4, 0.5) is 0 Å². The van der Waals surface area contributed by atoms with Crippen molar-refractivity contribution in [3.63, 3.8) is 0 Å². The molecule has 0 aliphatic carbocycles. The Bertz CT molecular complexity index is 195. The molecule has 0 fully saturated rings. The molecule has 0 atom stereocenters. The SMILES string of the molecule is NC(=S)COS(=O)(=O)O. The van der Waals surface area contributed by atoms with E-state index in [1.165, 1.54) is 0 Å². The van der Waals surface area contributed by atoms with Gasteiger partial charge in [-0.2, -0.15) is 8.42 Å². The van der Waals surface area contributed by atoms with E-state index in [1.807, 2.05) is 0 Å². The number of nitrogens with two attached hydrogens (primary N) is 1. The lowest BCUT2D eigenvalue weighted by Gasteiger charge is -1.94. The molecule has 0 spiro atoms. The zero-order chi connectivity index (χ0) is 7.49. The summed E-state index contributed by atoms with van der Waals surface area (Å²) in [5.41, 5.74) is 4.83. The largest absolute Gasteiger partial charge is 0.397 e. The summed E-state index contributed by atoms with van der Waals surface area (Å²) in [6.07, 6.45) is 0. The average molecular weight is 171 g/mol. The first-order valence-electron chi connectivity index (χ1n) is 1.82. The topological polar surface area (TPSA) is 89.6 Å². The Kier molecular flexibility index (Phi) is 2.98. The van der Waals surface area contributed by atoms with Gasteiger partial charge in [-0.1, -0.05) is 12.2 Å². The molecule has 0 radical (unpaired) electrons. The van der Waals surface area contributed by atoms with Crippen LogP contribution in [0.2, 0.25) is 0 Å². The van der Waals surface area contributed by atoms with Crippen molar-refractivity contribution < 1.29 is 17.2 Å². The van der Waals surface area contributed by atoms with E-state index in [0.29, 0.717) is 0 Å². The first kappa shape index (κ1) is 8.76. The van der Waals surface area contributed by atoms with Gasteiger partial charge in [-0.3, -0.25) is 4.55 Å². The Hall–Kier alpha value is -0.240. The van der Waals surface area contributed by atoms with Crippen molar-refractivity contribution in [2.75, 3.05) is 6.61 Å². The van der Waals surface area contributed by atoms with E-state index >= 15 is 0 Å². The monoisotopic (exact) mass is 171 g/mol. The van der Waals surface area contributed by atoms with Crippen molar-refractivity contribution >= 4 is 27.6 Å². The van der Waals surface area contributed by atoms with Crippen LogP contribution in [-0.4, -0.2) is 24.6 Å². The van der Waals surface area contributed by atoms with Crippen molar-refractivity contribution in [1.82, 2.24) is 0 Å². The Morgan fingerprint density at radius 2 is 2.22 bits per heavy atom. The molecular weight excluding hydrogens is 166 g/mol. The van der Waals surface area contributed by atoms with E-state index in [4.69, 9.17) is 10.3 Å². The predicted octanol–water partition coefficient (Wildman–Crippen LogP) is -0.908. The summed E-state index contributed by atoms with van der Waals surface area (Å²) in [6.45, 7) is -0.464. The third-order valence-electron chi connectivity index (χ3n) is 0.350. The second kappa shape index (κ2) is 3.06. The molecule has 0 rings (SSSR count). The molecule has 3 N–H and O–H groups in total. The van der Waals surface area contributed by atoms with Gasteiger partial charge in [-0.05, 0) is 0 Å². The maximum absolute atomic E-state index is 9.75. The van der Waals surface area contributed by atoms with E-state index < -0.39 is 17.0 Å². The second-order valence-electron chi connectivity index (χ2n) is 1.16.